The maximum absolute atomic E-state index is 12.7. The van der Waals surface area contributed by atoms with Crippen LogP contribution in [0, 0.1) is 0 Å². The van der Waals surface area contributed by atoms with Crippen LogP contribution in [0.15, 0.2) is 23.4 Å². The SMILES string of the molecule is CCCCN(CC)S(=O)(=O)c1ncccc1NCCC. The van der Waals surface area contributed by atoms with Gasteiger partial charge in [-0.15, -0.1) is 0 Å². The van der Waals surface area contributed by atoms with E-state index in [2.05, 4.69) is 17.2 Å². The van der Waals surface area contributed by atoms with Crippen LogP contribution in [-0.4, -0.2) is 37.3 Å². The monoisotopic (exact) mass is 299 g/mol. The van der Waals surface area contributed by atoms with Gasteiger partial charge in [-0.1, -0.05) is 27.2 Å². The van der Waals surface area contributed by atoms with Crippen LogP contribution < -0.4 is 5.32 Å². The van der Waals surface area contributed by atoms with Gasteiger partial charge in [0.15, 0.2) is 5.03 Å². The number of nitrogens with one attached hydrogen (secondary N) is 1. The van der Waals surface area contributed by atoms with Gasteiger partial charge in [0.25, 0.3) is 10.0 Å². The second-order valence-corrected chi connectivity index (χ2v) is 6.49. The first-order valence-corrected chi connectivity index (χ1v) is 8.70. The summed E-state index contributed by atoms with van der Waals surface area (Å²) in [4.78, 5) is 4.09. The number of unbranched alkanes of at least 4 members (excludes halogenated alkanes) is 1. The lowest BCUT2D eigenvalue weighted by molar-refractivity contribution is 0.417. The van der Waals surface area contributed by atoms with E-state index in [9.17, 15) is 8.42 Å². The molecule has 114 valence electrons. The van der Waals surface area contributed by atoms with Crippen molar-refractivity contribution in [2.75, 3.05) is 25.0 Å². The van der Waals surface area contributed by atoms with Crippen molar-refractivity contribution in [1.82, 2.24) is 9.29 Å². The summed E-state index contributed by atoms with van der Waals surface area (Å²) in [6, 6.07) is 3.52. The van der Waals surface area contributed by atoms with Gasteiger partial charge in [0.2, 0.25) is 0 Å². The number of pyridine rings is 1. The van der Waals surface area contributed by atoms with E-state index in [1.54, 1.807) is 12.1 Å². The Hall–Kier alpha value is -1.14. The summed E-state index contributed by atoms with van der Waals surface area (Å²) < 4.78 is 26.8. The standard InChI is InChI=1S/C14H25N3O2S/c1-4-7-12-17(6-3)20(18,19)14-13(15-10-5-2)9-8-11-16-14/h8-9,11,15H,4-7,10,12H2,1-3H3. The highest BCUT2D eigenvalue weighted by Crippen LogP contribution is 2.22. The zero-order chi connectivity index (χ0) is 15.0. The molecule has 0 radical (unpaired) electrons. The number of hydrogen-bond acceptors (Lipinski definition) is 4. The summed E-state index contributed by atoms with van der Waals surface area (Å²) in [5.41, 5.74) is 0.587. The molecule has 0 aliphatic heterocycles. The molecule has 1 N–H and O–H groups in total. The molecule has 1 rings (SSSR count). The lowest BCUT2D eigenvalue weighted by atomic mass is 10.3. The van der Waals surface area contributed by atoms with E-state index in [0.29, 0.717) is 18.8 Å². The highest BCUT2D eigenvalue weighted by molar-refractivity contribution is 7.89. The molecule has 0 aliphatic rings. The molecular formula is C14H25N3O2S. The van der Waals surface area contributed by atoms with Crippen LogP contribution in [-0.2, 0) is 10.0 Å². The molecule has 5 nitrogen and oxygen atoms in total. The van der Waals surface area contributed by atoms with Crippen LogP contribution in [0.25, 0.3) is 0 Å². The largest absolute Gasteiger partial charge is 0.383 e. The maximum Gasteiger partial charge on any atom is 0.262 e. The van der Waals surface area contributed by atoms with E-state index in [-0.39, 0.29) is 5.03 Å². The van der Waals surface area contributed by atoms with Gasteiger partial charge in [-0.05, 0) is 25.0 Å². The Morgan fingerprint density at radius 1 is 1.25 bits per heavy atom. The fourth-order valence-electron chi connectivity index (χ4n) is 1.90. The third-order valence-corrected chi connectivity index (χ3v) is 4.97. The van der Waals surface area contributed by atoms with Crippen LogP contribution in [0.5, 0.6) is 0 Å². The van der Waals surface area contributed by atoms with Crippen molar-refractivity contribution in [2.45, 2.75) is 45.1 Å². The lowest BCUT2D eigenvalue weighted by Crippen LogP contribution is -2.33. The minimum atomic E-state index is -3.52. The molecule has 0 amide bonds. The lowest BCUT2D eigenvalue weighted by Gasteiger charge is -2.21. The molecule has 0 saturated carbocycles. The average molecular weight is 299 g/mol. The normalized spacial score (nSPS) is 11.8. The molecule has 1 aromatic heterocycles. The fourth-order valence-corrected chi connectivity index (χ4v) is 3.46. The van der Waals surface area contributed by atoms with Crippen LogP contribution in [0.2, 0.25) is 0 Å². The second kappa shape index (κ2) is 8.21. The van der Waals surface area contributed by atoms with Crippen molar-refractivity contribution in [3.63, 3.8) is 0 Å². The highest BCUT2D eigenvalue weighted by atomic mass is 32.2. The van der Waals surface area contributed by atoms with Gasteiger partial charge in [-0.25, -0.2) is 13.4 Å². The average Bonchev–Trinajstić information content (AvgIpc) is 2.46. The Morgan fingerprint density at radius 3 is 2.60 bits per heavy atom. The highest BCUT2D eigenvalue weighted by Gasteiger charge is 2.26. The zero-order valence-corrected chi connectivity index (χ0v) is 13.4. The van der Waals surface area contributed by atoms with Crippen molar-refractivity contribution < 1.29 is 8.42 Å². The summed E-state index contributed by atoms with van der Waals surface area (Å²) in [5.74, 6) is 0. The van der Waals surface area contributed by atoms with Crippen molar-refractivity contribution in [2.24, 2.45) is 0 Å². The fraction of sp³-hybridized carbons (Fsp3) is 0.643. The summed E-state index contributed by atoms with van der Waals surface area (Å²) in [7, 11) is -3.52. The molecule has 0 saturated heterocycles. The Labute approximate surface area is 122 Å². The Morgan fingerprint density at radius 2 is 2.00 bits per heavy atom. The first kappa shape index (κ1) is 16.9. The van der Waals surface area contributed by atoms with Gasteiger partial charge in [0, 0.05) is 25.8 Å². The van der Waals surface area contributed by atoms with Gasteiger partial charge < -0.3 is 5.32 Å². The van der Waals surface area contributed by atoms with Crippen molar-refractivity contribution in [3.8, 4) is 0 Å². The molecular weight excluding hydrogens is 274 g/mol. The van der Waals surface area contributed by atoms with E-state index in [1.807, 2.05) is 13.8 Å². The molecule has 0 atom stereocenters. The number of sulfonamides is 1. The Kier molecular flexibility index (Phi) is 6.95. The molecule has 0 unspecified atom stereocenters. The van der Waals surface area contributed by atoms with Crippen molar-refractivity contribution >= 4 is 15.7 Å². The molecule has 1 heterocycles. The summed E-state index contributed by atoms with van der Waals surface area (Å²) >= 11 is 0. The van der Waals surface area contributed by atoms with Gasteiger partial charge >= 0.3 is 0 Å². The number of anilines is 1. The van der Waals surface area contributed by atoms with Crippen LogP contribution in [0.3, 0.4) is 0 Å². The maximum atomic E-state index is 12.7. The smallest absolute Gasteiger partial charge is 0.262 e. The Balaban J connectivity index is 3.06. The van der Waals surface area contributed by atoms with Crippen molar-refractivity contribution in [3.05, 3.63) is 18.3 Å². The predicted octanol–water partition coefficient (Wildman–Crippen LogP) is 2.71. The summed E-state index contributed by atoms with van der Waals surface area (Å²) in [6.45, 7) is 7.68. The van der Waals surface area contributed by atoms with Gasteiger partial charge in [-0.3, -0.25) is 0 Å². The van der Waals surface area contributed by atoms with Gasteiger partial charge in [-0.2, -0.15) is 4.31 Å². The van der Waals surface area contributed by atoms with Crippen LogP contribution in [0.1, 0.15) is 40.0 Å². The molecule has 0 spiro atoms. The molecule has 6 heteroatoms. The number of aromatic nitrogens is 1. The van der Waals surface area contributed by atoms with Crippen LogP contribution in [0.4, 0.5) is 5.69 Å². The molecule has 0 fully saturated rings. The first-order chi connectivity index (χ1) is 9.57. The van der Waals surface area contributed by atoms with Crippen LogP contribution >= 0.6 is 0 Å². The second-order valence-electron chi connectivity index (χ2n) is 4.63. The van der Waals surface area contributed by atoms with E-state index >= 15 is 0 Å². The van der Waals surface area contributed by atoms with E-state index < -0.39 is 10.0 Å². The number of rotatable bonds is 9. The molecule has 0 bridgehead atoms. The van der Waals surface area contributed by atoms with E-state index in [0.717, 1.165) is 25.8 Å². The van der Waals surface area contributed by atoms with E-state index in [4.69, 9.17) is 0 Å². The summed E-state index contributed by atoms with van der Waals surface area (Å²) in [6.07, 6.45) is 4.28. The topological polar surface area (TPSA) is 62.3 Å². The van der Waals surface area contributed by atoms with E-state index in [1.165, 1.54) is 10.5 Å². The molecule has 20 heavy (non-hydrogen) atoms. The first-order valence-electron chi connectivity index (χ1n) is 7.26. The molecule has 0 aromatic carbocycles. The third-order valence-electron chi connectivity index (χ3n) is 3.03. The Bertz CT molecular complexity index is 503. The zero-order valence-electron chi connectivity index (χ0n) is 12.6. The summed E-state index contributed by atoms with van der Waals surface area (Å²) in [5, 5.41) is 3.27. The minimum Gasteiger partial charge on any atom is -0.383 e. The number of hydrogen-bond donors (Lipinski definition) is 1. The molecule has 0 aliphatic carbocycles. The molecule has 1 aromatic rings. The third kappa shape index (κ3) is 4.18. The van der Waals surface area contributed by atoms with Crippen molar-refractivity contribution in [1.29, 1.82) is 0 Å². The predicted molar refractivity (Wildman–Crippen MR) is 82.4 cm³/mol. The van der Waals surface area contributed by atoms with Gasteiger partial charge in [0.05, 0.1) is 5.69 Å². The number of nitrogens with zero attached hydrogens (tertiary/aromatic N) is 2. The minimum absolute atomic E-state index is 0.131. The van der Waals surface area contributed by atoms with Gasteiger partial charge in [0.1, 0.15) is 0 Å². The quantitative estimate of drug-likeness (QED) is 0.761.